The molecule has 0 unspecified atom stereocenters. The van der Waals surface area contributed by atoms with Crippen LogP contribution >= 0.6 is 0 Å². The fourth-order valence-electron chi connectivity index (χ4n) is 3.22. The lowest BCUT2D eigenvalue weighted by atomic mass is 10.0. The molecule has 1 aromatic carbocycles. The first-order valence-corrected chi connectivity index (χ1v) is 9.03. The molecule has 2 aromatic rings. The van der Waals surface area contributed by atoms with E-state index in [0.29, 0.717) is 26.1 Å². The zero-order valence-corrected chi connectivity index (χ0v) is 15.6. The quantitative estimate of drug-likeness (QED) is 0.665. The molecule has 0 bridgehead atoms. The highest BCUT2D eigenvalue weighted by Gasteiger charge is 2.37. The molecule has 0 radical (unpaired) electrons. The Bertz CT molecular complexity index is 746. The lowest BCUT2D eigenvalue weighted by Gasteiger charge is -2.22. The van der Waals surface area contributed by atoms with Crippen LogP contribution < -0.4 is 15.4 Å². The van der Waals surface area contributed by atoms with Crippen molar-refractivity contribution in [2.45, 2.75) is 38.1 Å². The Hall–Kier alpha value is -2.58. The molecule has 2 heterocycles. The number of aliphatic hydroxyl groups excluding tert-OH is 1. The van der Waals surface area contributed by atoms with Crippen LogP contribution in [-0.2, 0) is 17.7 Å². The number of aryl methyl sites for hydroxylation is 1. The van der Waals surface area contributed by atoms with Crippen LogP contribution in [0.15, 0.2) is 36.7 Å². The number of hydrogen-bond acceptors (Lipinski definition) is 6. The minimum absolute atomic E-state index is 0.143. The van der Waals surface area contributed by atoms with Crippen LogP contribution in [0.2, 0.25) is 0 Å². The second-order valence-corrected chi connectivity index (χ2v) is 6.60. The van der Waals surface area contributed by atoms with Gasteiger partial charge in [0, 0.05) is 32.0 Å². The number of rotatable bonds is 7. The number of ether oxygens (including phenoxy) is 2. The van der Waals surface area contributed by atoms with E-state index in [1.165, 1.54) is 0 Å². The number of nitrogens with zero attached hydrogens (tertiary/aromatic N) is 2. The molecule has 0 spiro atoms. The molecule has 0 saturated carbocycles. The molecule has 3 rings (SSSR count). The van der Waals surface area contributed by atoms with Crippen LogP contribution in [0.3, 0.4) is 0 Å². The molecule has 3 N–H and O–H groups in total. The molecule has 8 heteroatoms. The van der Waals surface area contributed by atoms with Crippen molar-refractivity contribution in [1.82, 2.24) is 20.2 Å². The highest BCUT2D eigenvalue weighted by Crippen LogP contribution is 2.19. The maximum atomic E-state index is 12.1. The van der Waals surface area contributed by atoms with Gasteiger partial charge in [0.1, 0.15) is 23.8 Å². The number of carbonyl (C=O) groups excluding carboxylic acids is 1. The largest absolute Gasteiger partial charge is 0.497 e. The van der Waals surface area contributed by atoms with Gasteiger partial charge in [-0.05, 0) is 31.0 Å². The molecule has 27 heavy (non-hydrogen) atoms. The van der Waals surface area contributed by atoms with Crippen molar-refractivity contribution in [2.75, 3.05) is 20.2 Å². The minimum Gasteiger partial charge on any atom is -0.497 e. The molecule has 1 aromatic heterocycles. The normalized spacial score (nSPS) is 21.8. The summed E-state index contributed by atoms with van der Waals surface area (Å²) in [5.41, 5.74) is 1.08. The molecule has 1 aliphatic heterocycles. The molecule has 1 aliphatic rings. The van der Waals surface area contributed by atoms with Gasteiger partial charge >= 0.3 is 6.09 Å². The second kappa shape index (κ2) is 8.88. The number of imidazole rings is 1. The van der Waals surface area contributed by atoms with Gasteiger partial charge in [-0.25, -0.2) is 9.78 Å². The monoisotopic (exact) mass is 374 g/mol. The predicted molar refractivity (Wildman–Crippen MR) is 99.7 cm³/mol. The third-order valence-corrected chi connectivity index (χ3v) is 4.77. The summed E-state index contributed by atoms with van der Waals surface area (Å²) in [6, 6.07) is 7.57. The summed E-state index contributed by atoms with van der Waals surface area (Å²) in [7, 11) is 1.63. The zero-order valence-electron chi connectivity index (χ0n) is 15.6. The van der Waals surface area contributed by atoms with Crippen molar-refractivity contribution >= 4 is 6.09 Å². The smallest absolute Gasteiger partial charge is 0.407 e. The molecule has 1 fully saturated rings. The number of methoxy groups -OCH3 is 1. The van der Waals surface area contributed by atoms with Crippen molar-refractivity contribution in [3.63, 3.8) is 0 Å². The Morgan fingerprint density at radius 2 is 2.19 bits per heavy atom. The number of β-amino-alcohol motifs (C(OH)–C–C–N with tert-alkyl or cyclic N) is 1. The maximum absolute atomic E-state index is 12.1. The van der Waals surface area contributed by atoms with Crippen molar-refractivity contribution in [2.24, 2.45) is 0 Å². The summed E-state index contributed by atoms with van der Waals surface area (Å²) in [6.07, 6.45) is 2.38. The van der Waals surface area contributed by atoms with Gasteiger partial charge in [-0.2, -0.15) is 0 Å². The Balaban J connectivity index is 1.50. The van der Waals surface area contributed by atoms with E-state index in [-0.39, 0.29) is 6.04 Å². The highest BCUT2D eigenvalue weighted by atomic mass is 16.6. The van der Waals surface area contributed by atoms with Crippen LogP contribution in [-0.4, -0.2) is 59.2 Å². The molecule has 1 amide bonds. The van der Waals surface area contributed by atoms with Gasteiger partial charge in [-0.15, -0.1) is 0 Å². The fraction of sp³-hybridized carbons (Fsp3) is 0.474. The van der Waals surface area contributed by atoms with Gasteiger partial charge in [-0.3, -0.25) is 0 Å². The Labute approximate surface area is 158 Å². The second-order valence-electron chi connectivity index (χ2n) is 6.60. The van der Waals surface area contributed by atoms with Crippen LogP contribution in [0.25, 0.3) is 0 Å². The third-order valence-electron chi connectivity index (χ3n) is 4.77. The number of aliphatic hydroxyl groups is 1. The van der Waals surface area contributed by atoms with Gasteiger partial charge in [-0.1, -0.05) is 12.1 Å². The number of benzene rings is 1. The third kappa shape index (κ3) is 4.99. The van der Waals surface area contributed by atoms with Crippen molar-refractivity contribution in [1.29, 1.82) is 0 Å². The molecule has 8 nitrogen and oxygen atoms in total. The van der Waals surface area contributed by atoms with Crippen LogP contribution in [0, 0.1) is 6.92 Å². The summed E-state index contributed by atoms with van der Waals surface area (Å²) in [6.45, 7) is 3.34. The SMILES string of the molecule is COc1ccc(C[C@H]2NC[C@H](O)[C@H]2OC(=O)NCCn2ccnc2C)cc1. The van der Waals surface area contributed by atoms with Gasteiger partial charge < -0.3 is 29.8 Å². The number of aromatic nitrogens is 2. The van der Waals surface area contributed by atoms with Gasteiger partial charge in [0.2, 0.25) is 0 Å². The van der Waals surface area contributed by atoms with Gasteiger partial charge in [0.25, 0.3) is 0 Å². The number of carbonyl (C=O) groups is 1. The number of amides is 1. The molecular formula is C19H26N4O4. The molecule has 1 saturated heterocycles. The summed E-state index contributed by atoms with van der Waals surface area (Å²) in [5, 5.41) is 16.1. The topological polar surface area (TPSA) is 97.6 Å². The van der Waals surface area contributed by atoms with Gasteiger partial charge in [0.15, 0.2) is 0 Å². The summed E-state index contributed by atoms with van der Waals surface area (Å²) in [5.74, 6) is 1.68. The van der Waals surface area contributed by atoms with E-state index in [1.54, 1.807) is 13.3 Å². The average Bonchev–Trinajstić information content (AvgIpc) is 3.22. The zero-order chi connectivity index (χ0) is 19.2. The van der Waals surface area contributed by atoms with E-state index in [9.17, 15) is 9.90 Å². The van der Waals surface area contributed by atoms with Gasteiger partial charge in [0.05, 0.1) is 13.2 Å². The number of hydrogen-bond donors (Lipinski definition) is 3. The maximum Gasteiger partial charge on any atom is 0.407 e. The fourth-order valence-corrected chi connectivity index (χ4v) is 3.22. The Morgan fingerprint density at radius 1 is 1.41 bits per heavy atom. The van der Waals surface area contributed by atoms with E-state index in [2.05, 4.69) is 15.6 Å². The minimum atomic E-state index is -0.727. The lowest BCUT2D eigenvalue weighted by Crippen LogP contribution is -2.42. The van der Waals surface area contributed by atoms with Crippen molar-refractivity contribution in [3.05, 3.63) is 48.0 Å². The molecular weight excluding hydrogens is 348 g/mol. The summed E-state index contributed by atoms with van der Waals surface area (Å²) >= 11 is 0. The van der Waals surface area contributed by atoms with E-state index in [1.807, 2.05) is 42.0 Å². The summed E-state index contributed by atoms with van der Waals surface area (Å²) < 4.78 is 12.6. The average molecular weight is 374 g/mol. The van der Waals surface area contributed by atoms with Crippen LogP contribution in [0.4, 0.5) is 4.79 Å². The van der Waals surface area contributed by atoms with E-state index in [4.69, 9.17) is 9.47 Å². The first-order chi connectivity index (χ1) is 13.1. The Morgan fingerprint density at radius 3 is 2.85 bits per heavy atom. The first kappa shape index (κ1) is 19.2. The highest BCUT2D eigenvalue weighted by molar-refractivity contribution is 5.67. The molecule has 146 valence electrons. The van der Waals surface area contributed by atoms with E-state index in [0.717, 1.165) is 17.1 Å². The number of nitrogens with one attached hydrogen (secondary N) is 2. The number of alkyl carbamates (subject to hydrolysis) is 1. The first-order valence-electron chi connectivity index (χ1n) is 9.03. The van der Waals surface area contributed by atoms with E-state index < -0.39 is 18.3 Å². The summed E-state index contributed by atoms with van der Waals surface area (Å²) in [4.78, 5) is 16.3. The van der Waals surface area contributed by atoms with Crippen molar-refractivity contribution in [3.8, 4) is 5.75 Å². The van der Waals surface area contributed by atoms with Crippen LogP contribution in [0.5, 0.6) is 5.75 Å². The van der Waals surface area contributed by atoms with Crippen molar-refractivity contribution < 1.29 is 19.4 Å². The lowest BCUT2D eigenvalue weighted by molar-refractivity contribution is 0.0189. The standard InChI is InChI=1S/C19H26N4O4/c1-13-20-7-9-23(13)10-8-21-19(25)27-18-16(22-12-17(18)24)11-14-3-5-15(26-2)6-4-14/h3-7,9,16-18,22,24H,8,10-12H2,1-2H3,(H,21,25)/t16-,17+,18+/m1/s1. The van der Waals surface area contributed by atoms with Crippen LogP contribution in [0.1, 0.15) is 11.4 Å². The molecule has 3 atom stereocenters. The van der Waals surface area contributed by atoms with E-state index >= 15 is 0 Å². The Kier molecular flexibility index (Phi) is 6.31. The molecule has 0 aliphatic carbocycles. The predicted octanol–water partition coefficient (Wildman–Crippen LogP) is 0.870.